The third-order valence-corrected chi connectivity index (χ3v) is 4.22. The van der Waals surface area contributed by atoms with Crippen molar-refractivity contribution < 1.29 is 4.74 Å². The van der Waals surface area contributed by atoms with Crippen LogP contribution in [-0.2, 0) is 4.74 Å². The molecule has 0 aliphatic carbocycles. The quantitative estimate of drug-likeness (QED) is 0.831. The molecular weight excluding hydrogens is 300 g/mol. The summed E-state index contributed by atoms with van der Waals surface area (Å²) in [7, 11) is 0. The van der Waals surface area contributed by atoms with Gasteiger partial charge in [-0.3, -0.25) is 0 Å². The van der Waals surface area contributed by atoms with Gasteiger partial charge in [0, 0.05) is 24.9 Å². The fourth-order valence-corrected chi connectivity index (χ4v) is 3.00. The predicted octanol–water partition coefficient (Wildman–Crippen LogP) is 4.24. The Labute approximate surface area is 143 Å². The van der Waals surface area contributed by atoms with Crippen LogP contribution in [0.1, 0.15) is 44.0 Å². The van der Waals surface area contributed by atoms with Crippen molar-refractivity contribution in [2.24, 2.45) is 0 Å². The Hall–Kier alpha value is -2.14. The first kappa shape index (κ1) is 16.7. The van der Waals surface area contributed by atoms with Crippen molar-refractivity contribution in [2.75, 3.05) is 23.8 Å². The first-order valence-corrected chi connectivity index (χ1v) is 8.69. The number of hydrogen-bond donors (Lipinski definition) is 2. The predicted molar refractivity (Wildman–Crippen MR) is 98.0 cm³/mol. The minimum absolute atomic E-state index is 0.290. The summed E-state index contributed by atoms with van der Waals surface area (Å²) in [5.74, 6) is 2.85. The molecule has 1 aliphatic heterocycles. The van der Waals surface area contributed by atoms with E-state index in [9.17, 15) is 0 Å². The van der Waals surface area contributed by atoms with E-state index in [4.69, 9.17) is 4.74 Å². The Morgan fingerprint density at radius 2 is 2.00 bits per heavy atom. The van der Waals surface area contributed by atoms with Gasteiger partial charge in [0.05, 0.1) is 6.10 Å². The van der Waals surface area contributed by atoms with Gasteiger partial charge >= 0.3 is 0 Å². The SMILES string of the molecule is Cc1nc(NCC2CCCO2)cc(Nc2ccccc2C(C)C)n1. The second-order valence-corrected chi connectivity index (χ2v) is 6.57. The van der Waals surface area contributed by atoms with Crippen molar-refractivity contribution in [3.8, 4) is 0 Å². The Bertz CT molecular complexity index is 681. The van der Waals surface area contributed by atoms with Crippen LogP contribution in [0.25, 0.3) is 0 Å². The minimum Gasteiger partial charge on any atom is -0.376 e. The Morgan fingerprint density at radius 1 is 1.21 bits per heavy atom. The van der Waals surface area contributed by atoms with Crippen LogP contribution in [-0.4, -0.2) is 29.2 Å². The number of rotatable bonds is 6. The first-order valence-electron chi connectivity index (χ1n) is 8.69. The highest BCUT2D eigenvalue weighted by Crippen LogP contribution is 2.27. The topological polar surface area (TPSA) is 59.1 Å². The van der Waals surface area contributed by atoms with Crippen LogP contribution in [0.4, 0.5) is 17.3 Å². The lowest BCUT2D eigenvalue weighted by atomic mass is 10.0. The van der Waals surface area contributed by atoms with Crippen LogP contribution < -0.4 is 10.6 Å². The van der Waals surface area contributed by atoms with Crippen LogP contribution in [0, 0.1) is 6.92 Å². The van der Waals surface area contributed by atoms with Crippen molar-refractivity contribution in [1.29, 1.82) is 0 Å². The summed E-state index contributed by atoms with van der Waals surface area (Å²) in [5, 5.41) is 6.82. The first-order chi connectivity index (χ1) is 11.6. The number of aryl methyl sites for hydroxylation is 1. The number of anilines is 3. The van der Waals surface area contributed by atoms with E-state index < -0.39 is 0 Å². The van der Waals surface area contributed by atoms with Gasteiger partial charge in [-0.15, -0.1) is 0 Å². The summed E-state index contributed by atoms with van der Waals surface area (Å²) >= 11 is 0. The summed E-state index contributed by atoms with van der Waals surface area (Å²) in [6.45, 7) is 7.96. The monoisotopic (exact) mass is 326 g/mol. The lowest BCUT2D eigenvalue weighted by molar-refractivity contribution is 0.120. The number of aromatic nitrogens is 2. The number of nitrogens with one attached hydrogen (secondary N) is 2. The van der Waals surface area contributed by atoms with E-state index in [1.54, 1.807) is 0 Å². The molecule has 1 aromatic carbocycles. The summed E-state index contributed by atoms with van der Waals surface area (Å²) in [6, 6.07) is 10.3. The molecule has 0 radical (unpaired) electrons. The van der Waals surface area contributed by atoms with Crippen LogP contribution >= 0.6 is 0 Å². The van der Waals surface area contributed by atoms with Gasteiger partial charge in [-0.05, 0) is 37.3 Å². The number of ether oxygens (including phenoxy) is 1. The normalized spacial score (nSPS) is 17.2. The molecule has 1 unspecified atom stereocenters. The summed E-state index contributed by atoms with van der Waals surface area (Å²) in [4.78, 5) is 8.99. The lowest BCUT2D eigenvalue weighted by Gasteiger charge is -2.16. The number of benzene rings is 1. The zero-order valence-electron chi connectivity index (χ0n) is 14.7. The highest BCUT2D eigenvalue weighted by atomic mass is 16.5. The van der Waals surface area contributed by atoms with E-state index in [-0.39, 0.29) is 0 Å². The third kappa shape index (κ3) is 4.23. The van der Waals surface area contributed by atoms with E-state index >= 15 is 0 Å². The maximum atomic E-state index is 5.65. The van der Waals surface area contributed by atoms with E-state index in [0.29, 0.717) is 12.0 Å². The molecule has 0 saturated carbocycles. The van der Waals surface area contributed by atoms with Gasteiger partial charge in [0.2, 0.25) is 0 Å². The zero-order valence-corrected chi connectivity index (χ0v) is 14.7. The van der Waals surface area contributed by atoms with Gasteiger partial charge in [-0.1, -0.05) is 32.0 Å². The van der Waals surface area contributed by atoms with Crippen LogP contribution in [0.5, 0.6) is 0 Å². The molecule has 0 amide bonds. The molecule has 1 saturated heterocycles. The molecule has 2 N–H and O–H groups in total. The lowest BCUT2D eigenvalue weighted by Crippen LogP contribution is -2.19. The van der Waals surface area contributed by atoms with Crippen LogP contribution in [0.2, 0.25) is 0 Å². The Morgan fingerprint density at radius 3 is 2.75 bits per heavy atom. The summed E-state index contributed by atoms with van der Waals surface area (Å²) in [5.41, 5.74) is 2.37. The largest absolute Gasteiger partial charge is 0.376 e. The number of para-hydroxylation sites is 1. The van der Waals surface area contributed by atoms with Crippen molar-refractivity contribution in [1.82, 2.24) is 9.97 Å². The van der Waals surface area contributed by atoms with Crippen molar-refractivity contribution in [3.05, 3.63) is 41.7 Å². The fraction of sp³-hybridized carbons (Fsp3) is 0.474. The van der Waals surface area contributed by atoms with E-state index in [1.807, 2.05) is 19.1 Å². The van der Waals surface area contributed by atoms with E-state index in [1.165, 1.54) is 5.56 Å². The van der Waals surface area contributed by atoms with Crippen molar-refractivity contribution >= 4 is 17.3 Å². The molecule has 1 atom stereocenters. The molecule has 1 aliphatic rings. The van der Waals surface area contributed by atoms with Crippen LogP contribution in [0.3, 0.4) is 0 Å². The maximum absolute atomic E-state index is 5.65. The Balaban J connectivity index is 1.74. The second kappa shape index (κ2) is 7.62. The average molecular weight is 326 g/mol. The molecule has 128 valence electrons. The zero-order chi connectivity index (χ0) is 16.9. The second-order valence-electron chi connectivity index (χ2n) is 6.57. The molecule has 2 aromatic rings. The van der Waals surface area contributed by atoms with Crippen molar-refractivity contribution in [3.63, 3.8) is 0 Å². The fourth-order valence-electron chi connectivity index (χ4n) is 3.00. The molecule has 2 heterocycles. The molecule has 1 fully saturated rings. The molecule has 0 bridgehead atoms. The van der Waals surface area contributed by atoms with Gasteiger partial charge in [-0.2, -0.15) is 0 Å². The van der Waals surface area contributed by atoms with Crippen LogP contribution in [0.15, 0.2) is 30.3 Å². The van der Waals surface area contributed by atoms with E-state index in [2.05, 4.69) is 52.6 Å². The van der Waals surface area contributed by atoms with Gasteiger partial charge in [0.15, 0.2) is 0 Å². The molecule has 1 aromatic heterocycles. The standard InChI is InChI=1S/C19H26N4O/c1-13(2)16-8-4-5-9-17(16)23-19-11-18(21-14(3)22-19)20-12-15-7-6-10-24-15/h4-5,8-9,11,13,15H,6-7,10,12H2,1-3H3,(H2,20,21,22,23). The minimum atomic E-state index is 0.290. The highest BCUT2D eigenvalue weighted by molar-refractivity contribution is 5.63. The molecule has 5 heteroatoms. The third-order valence-electron chi connectivity index (χ3n) is 4.22. The van der Waals surface area contributed by atoms with E-state index in [0.717, 1.165) is 49.1 Å². The number of hydrogen-bond acceptors (Lipinski definition) is 5. The molecule has 5 nitrogen and oxygen atoms in total. The summed E-state index contributed by atoms with van der Waals surface area (Å²) < 4.78 is 5.65. The molecular formula is C19H26N4O. The van der Waals surface area contributed by atoms with Gasteiger partial charge in [0.1, 0.15) is 17.5 Å². The van der Waals surface area contributed by atoms with Gasteiger partial charge in [-0.25, -0.2) is 9.97 Å². The number of nitrogens with zero attached hydrogens (tertiary/aromatic N) is 2. The average Bonchev–Trinajstić information content (AvgIpc) is 3.06. The summed E-state index contributed by atoms with van der Waals surface area (Å²) in [6.07, 6.45) is 2.55. The highest BCUT2D eigenvalue weighted by Gasteiger charge is 2.15. The van der Waals surface area contributed by atoms with Crippen molar-refractivity contribution in [2.45, 2.75) is 45.6 Å². The maximum Gasteiger partial charge on any atom is 0.136 e. The smallest absolute Gasteiger partial charge is 0.136 e. The van der Waals surface area contributed by atoms with Gasteiger partial charge < -0.3 is 15.4 Å². The molecule has 0 spiro atoms. The Kier molecular flexibility index (Phi) is 5.30. The molecule has 3 rings (SSSR count). The molecule has 24 heavy (non-hydrogen) atoms. The van der Waals surface area contributed by atoms with Gasteiger partial charge in [0.25, 0.3) is 0 Å².